The van der Waals surface area contributed by atoms with Gasteiger partial charge in [0.1, 0.15) is 5.82 Å². The molecule has 15 heteroatoms. The van der Waals surface area contributed by atoms with Crippen LogP contribution in [0.25, 0.3) is 0 Å². The standard InChI is InChI=1S/C12Cl5F9O/c13-7(27)8(14,15)3-4(18)1-2(5(19)6(3)20)10(23,24)12(17,26)11(16,25)9(1,21)22. The summed E-state index contributed by atoms with van der Waals surface area (Å²) in [7, 11) is 0. The average Bonchev–Trinajstić information content (AvgIpc) is 2.48. The van der Waals surface area contributed by atoms with Crippen molar-refractivity contribution in [1.29, 1.82) is 0 Å². The lowest BCUT2D eigenvalue weighted by Crippen LogP contribution is -2.63. The van der Waals surface area contributed by atoms with Crippen LogP contribution in [0.15, 0.2) is 0 Å². The molecule has 1 aromatic rings. The lowest BCUT2D eigenvalue weighted by molar-refractivity contribution is -0.234. The first-order chi connectivity index (χ1) is 11.8. The van der Waals surface area contributed by atoms with Gasteiger partial charge in [-0.1, -0.05) is 46.4 Å². The zero-order valence-electron chi connectivity index (χ0n) is 11.7. The van der Waals surface area contributed by atoms with Crippen LogP contribution in [0.3, 0.4) is 0 Å². The second-order valence-electron chi connectivity index (χ2n) is 5.21. The third-order valence-electron chi connectivity index (χ3n) is 3.69. The van der Waals surface area contributed by atoms with E-state index in [2.05, 4.69) is 23.2 Å². The molecule has 0 bridgehead atoms. The zero-order chi connectivity index (χ0) is 21.5. The van der Waals surface area contributed by atoms with E-state index >= 15 is 0 Å². The summed E-state index contributed by atoms with van der Waals surface area (Å²) in [5, 5.41) is -13.2. The number of hydrogen-bond donors (Lipinski definition) is 0. The molecule has 1 aromatic carbocycles. The van der Waals surface area contributed by atoms with Crippen LogP contribution < -0.4 is 0 Å². The van der Waals surface area contributed by atoms with Crippen molar-refractivity contribution in [1.82, 2.24) is 0 Å². The minimum Gasteiger partial charge on any atom is -0.277 e. The van der Waals surface area contributed by atoms with E-state index in [1.807, 2.05) is 0 Å². The van der Waals surface area contributed by atoms with Crippen LogP contribution >= 0.6 is 58.0 Å². The summed E-state index contributed by atoms with van der Waals surface area (Å²) in [5.41, 5.74) is -8.20. The van der Waals surface area contributed by atoms with Crippen molar-refractivity contribution in [3.63, 3.8) is 0 Å². The molecule has 0 amide bonds. The van der Waals surface area contributed by atoms with Gasteiger partial charge in [-0.2, -0.15) is 17.6 Å². The molecule has 0 aromatic heterocycles. The number of hydrogen-bond acceptors (Lipinski definition) is 1. The lowest BCUT2D eigenvalue weighted by atomic mass is 9.80. The molecule has 0 aliphatic heterocycles. The Kier molecular flexibility index (Phi) is 5.20. The number of rotatable bonds is 2. The molecule has 0 heterocycles. The van der Waals surface area contributed by atoms with Crippen LogP contribution in [0.4, 0.5) is 39.5 Å². The summed E-state index contributed by atoms with van der Waals surface area (Å²) in [6.45, 7) is 0. The van der Waals surface area contributed by atoms with Crippen molar-refractivity contribution >= 4 is 63.2 Å². The highest BCUT2D eigenvalue weighted by Gasteiger charge is 2.83. The highest BCUT2D eigenvalue weighted by atomic mass is 35.5. The smallest absolute Gasteiger partial charge is 0.277 e. The molecule has 0 radical (unpaired) electrons. The fourth-order valence-corrected chi connectivity index (χ4v) is 3.18. The third-order valence-corrected chi connectivity index (χ3v) is 5.98. The second kappa shape index (κ2) is 6.10. The Morgan fingerprint density at radius 1 is 0.741 bits per heavy atom. The zero-order valence-corrected chi connectivity index (χ0v) is 15.5. The van der Waals surface area contributed by atoms with Crippen molar-refractivity contribution < 1.29 is 44.3 Å². The Morgan fingerprint density at radius 2 is 1.07 bits per heavy atom. The van der Waals surface area contributed by atoms with Crippen molar-refractivity contribution in [2.45, 2.75) is 26.4 Å². The van der Waals surface area contributed by atoms with E-state index in [-0.39, 0.29) is 0 Å². The monoisotopic (exact) mass is 506 g/mol. The molecule has 2 atom stereocenters. The maximum absolute atomic E-state index is 14.5. The van der Waals surface area contributed by atoms with Gasteiger partial charge in [0.15, 0.2) is 11.6 Å². The molecule has 2 rings (SSSR count). The van der Waals surface area contributed by atoms with Gasteiger partial charge in [-0.15, -0.1) is 0 Å². The molecule has 0 saturated carbocycles. The van der Waals surface area contributed by atoms with Gasteiger partial charge in [0.25, 0.3) is 5.24 Å². The molecule has 1 aliphatic rings. The molecule has 152 valence electrons. The molecule has 0 spiro atoms. The number of carbonyl (C=O) groups is 1. The maximum atomic E-state index is 14.5. The van der Waals surface area contributed by atoms with Gasteiger partial charge in [-0.3, -0.25) is 4.79 Å². The van der Waals surface area contributed by atoms with Gasteiger partial charge >= 0.3 is 22.1 Å². The van der Waals surface area contributed by atoms with Crippen molar-refractivity contribution in [3.8, 4) is 0 Å². The van der Waals surface area contributed by atoms with Crippen molar-refractivity contribution in [2.75, 3.05) is 0 Å². The summed E-state index contributed by atoms with van der Waals surface area (Å²) >= 11 is 24.2. The molecule has 0 saturated heterocycles. The molecule has 1 aliphatic carbocycles. The van der Waals surface area contributed by atoms with Crippen LogP contribution in [0.2, 0.25) is 0 Å². The van der Waals surface area contributed by atoms with Crippen LogP contribution in [0, 0.1) is 17.5 Å². The molecular formula is C12Cl5F9O. The fraction of sp³-hybridized carbons (Fsp3) is 0.417. The molecule has 0 N–H and O–H groups in total. The third kappa shape index (κ3) is 2.59. The quantitative estimate of drug-likeness (QED) is 0.193. The average molecular weight is 508 g/mol. The largest absolute Gasteiger partial charge is 0.328 e. The van der Waals surface area contributed by atoms with Gasteiger partial charge < -0.3 is 0 Å². The van der Waals surface area contributed by atoms with E-state index in [1.54, 1.807) is 0 Å². The Balaban J connectivity index is 3.16. The Hall–Kier alpha value is -0.290. The van der Waals surface area contributed by atoms with Crippen LogP contribution in [0.1, 0.15) is 16.7 Å². The predicted octanol–water partition coefficient (Wildman–Crippen LogP) is 6.51. The minimum atomic E-state index is -5.82. The van der Waals surface area contributed by atoms with Crippen molar-refractivity contribution in [3.05, 3.63) is 34.1 Å². The van der Waals surface area contributed by atoms with Crippen LogP contribution in [-0.2, 0) is 21.0 Å². The maximum Gasteiger partial charge on any atom is 0.328 e. The van der Waals surface area contributed by atoms with E-state index in [9.17, 15) is 44.3 Å². The van der Waals surface area contributed by atoms with E-state index < -0.39 is 65.8 Å². The predicted molar refractivity (Wildman–Crippen MR) is 77.7 cm³/mol. The Bertz CT molecular complexity index is 852. The number of halogens is 14. The van der Waals surface area contributed by atoms with Gasteiger partial charge in [0, 0.05) is 0 Å². The van der Waals surface area contributed by atoms with Gasteiger partial charge in [0.05, 0.1) is 16.7 Å². The first-order valence-electron chi connectivity index (χ1n) is 6.10. The van der Waals surface area contributed by atoms with E-state index in [0.717, 1.165) is 0 Å². The highest BCUT2D eigenvalue weighted by Crippen LogP contribution is 2.68. The molecule has 27 heavy (non-hydrogen) atoms. The summed E-state index contributed by atoms with van der Waals surface area (Å²) in [6.07, 6.45) is 0. The summed E-state index contributed by atoms with van der Waals surface area (Å²) < 4.78 is 124. The number of carbonyl (C=O) groups excluding carboxylic acids is 1. The molecule has 1 nitrogen and oxygen atoms in total. The summed E-state index contributed by atoms with van der Waals surface area (Å²) in [6, 6.07) is 0. The van der Waals surface area contributed by atoms with E-state index in [1.165, 1.54) is 0 Å². The van der Waals surface area contributed by atoms with E-state index in [4.69, 9.17) is 34.8 Å². The van der Waals surface area contributed by atoms with Crippen LogP contribution in [-0.4, -0.2) is 15.5 Å². The topological polar surface area (TPSA) is 17.1 Å². The number of benzene rings is 1. The van der Waals surface area contributed by atoms with Gasteiger partial charge in [-0.05, 0) is 11.6 Å². The lowest BCUT2D eigenvalue weighted by Gasteiger charge is -2.45. The normalized spacial score (nSPS) is 29.4. The second-order valence-corrected chi connectivity index (χ2v) is 7.92. The molecule has 2 unspecified atom stereocenters. The van der Waals surface area contributed by atoms with Crippen LogP contribution in [0.5, 0.6) is 0 Å². The number of alkyl halides is 10. The van der Waals surface area contributed by atoms with Gasteiger partial charge in [-0.25, -0.2) is 22.0 Å². The van der Waals surface area contributed by atoms with E-state index in [0.29, 0.717) is 0 Å². The Morgan fingerprint density at radius 3 is 1.41 bits per heavy atom. The highest BCUT2D eigenvalue weighted by molar-refractivity contribution is 6.77. The SMILES string of the molecule is O=C(Cl)C(Cl)(Cl)c1c(F)c(F)c2c(c1F)C(F)(F)C(F)(Cl)C(F)(Cl)C2(F)F. The Labute approximate surface area is 168 Å². The molecular weight excluding hydrogens is 508 g/mol. The number of fused-ring (bicyclic) bond motifs is 1. The summed E-state index contributed by atoms with van der Waals surface area (Å²) in [5.74, 6) is -20.4. The van der Waals surface area contributed by atoms with Gasteiger partial charge in [0.2, 0.25) is 4.33 Å². The first-order valence-corrected chi connectivity index (χ1v) is 7.99. The first kappa shape index (κ1) is 23.0. The minimum absolute atomic E-state index is 2.07. The molecule has 0 fully saturated rings. The van der Waals surface area contributed by atoms with Crippen molar-refractivity contribution in [2.24, 2.45) is 0 Å². The summed E-state index contributed by atoms with van der Waals surface area (Å²) in [4.78, 5) is 11.1. The fourth-order valence-electron chi connectivity index (χ4n) is 2.33.